The Hall–Kier alpha value is -1.29. The van der Waals surface area contributed by atoms with Gasteiger partial charge < -0.3 is 9.67 Å². The molecule has 2 aliphatic rings. The molecule has 1 heterocycles. The van der Waals surface area contributed by atoms with Gasteiger partial charge in [0.25, 0.3) is 0 Å². The third-order valence-corrected chi connectivity index (χ3v) is 4.69. The summed E-state index contributed by atoms with van der Waals surface area (Å²) in [5.41, 5.74) is 0.789. The quantitative estimate of drug-likeness (QED) is 0.919. The van der Waals surface area contributed by atoms with Gasteiger partial charge in [-0.05, 0) is 32.7 Å². The lowest BCUT2D eigenvalue weighted by Crippen LogP contribution is -2.34. The molecule has 0 aliphatic heterocycles. The number of hydrogen-bond donors (Lipinski definition) is 1. The van der Waals surface area contributed by atoms with Crippen LogP contribution in [0.15, 0.2) is 17.1 Å². The van der Waals surface area contributed by atoms with Crippen molar-refractivity contribution in [2.45, 2.75) is 63.6 Å². The molecule has 0 unspecified atom stereocenters. The maximum atomic E-state index is 11.7. The number of pyridine rings is 1. The van der Waals surface area contributed by atoms with E-state index in [-0.39, 0.29) is 11.2 Å². The summed E-state index contributed by atoms with van der Waals surface area (Å²) in [5.74, 6) is -0.124. The van der Waals surface area contributed by atoms with Crippen molar-refractivity contribution in [2.24, 2.45) is 0 Å². The molecule has 0 aromatic carbocycles. The van der Waals surface area contributed by atoms with Gasteiger partial charge in [0.15, 0.2) is 5.75 Å². The van der Waals surface area contributed by atoms with E-state index in [1.807, 2.05) is 0 Å². The van der Waals surface area contributed by atoms with Gasteiger partial charge >= 0.3 is 0 Å². The number of hydrogen-bond acceptors (Lipinski definition) is 3. The van der Waals surface area contributed by atoms with Crippen LogP contribution >= 0.6 is 0 Å². The maximum Gasteiger partial charge on any atom is 0.223 e. The standard InChI is InChI=1S/C16H24N2O2/c1-17(12-5-3-2-4-6-12)10-14-9-15(19)16(20)11-18(14)13-7-8-13/h9,11-13,20H,2-8,10H2,1H3. The maximum absolute atomic E-state index is 11.7. The molecule has 1 N–H and O–H groups in total. The largest absolute Gasteiger partial charge is 0.503 e. The predicted molar refractivity (Wildman–Crippen MR) is 79.0 cm³/mol. The number of nitrogens with zero attached hydrogens (tertiary/aromatic N) is 2. The molecule has 110 valence electrons. The first-order chi connectivity index (χ1) is 9.65. The van der Waals surface area contributed by atoms with Gasteiger partial charge in [-0.25, -0.2) is 0 Å². The average Bonchev–Trinajstić information content (AvgIpc) is 3.28. The van der Waals surface area contributed by atoms with Crippen molar-refractivity contribution in [3.8, 4) is 5.75 Å². The third-order valence-electron chi connectivity index (χ3n) is 4.69. The van der Waals surface area contributed by atoms with Crippen LogP contribution in [-0.4, -0.2) is 27.7 Å². The molecule has 3 rings (SSSR count). The molecule has 0 spiro atoms. The number of aromatic hydroxyl groups is 1. The number of aromatic nitrogens is 1. The third kappa shape index (κ3) is 2.90. The van der Waals surface area contributed by atoms with Crippen molar-refractivity contribution in [3.63, 3.8) is 0 Å². The molecule has 0 amide bonds. The lowest BCUT2D eigenvalue weighted by Gasteiger charge is -2.31. The Kier molecular flexibility index (Phi) is 3.83. The number of rotatable bonds is 4. The zero-order valence-electron chi connectivity index (χ0n) is 12.2. The predicted octanol–water partition coefficient (Wildman–Crippen LogP) is 2.65. The highest BCUT2D eigenvalue weighted by Gasteiger charge is 2.27. The van der Waals surface area contributed by atoms with Crippen molar-refractivity contribution >= 4 is 0 Å². The molecule has 2 aliphatic carbocycles. The molecule has 4 heteroatoms. The second kappa shape index (κ2) is 5.60. The summed E-state index contributed by atoms with van der Waals surface area (Å²) in [5, 5.41) is 9.64. The molecule has 0 saturated heterocycles. The van der Waals surface area contributed by atoms with Crippen molar-refractivity contribution in [1.29, 1.82) is 0 Å². The zero-order chi connectivity index (χ0) is 14.1. The Morgan fingerprint density at radius 1 is 1.25 bits per heavy atom. The minimum absolute atomic E-state index is 0.124. The van der Waals surface area contributed by atoms with Gasteiger partial charge in [0.2, 0.25) is 5.43 Å². The van der Waals surface area contributed by atoms with E-state index in [0.29, 0.717) is 12.1 Å². The van der Waals surface area contributed by atoms with E-state index < -0.39 is 0 Å². The second-order valence-corrected chi connectivity index (χ2v) is 6.36. The highest BCUT2D eigenvalue weighted by molar-refractivity contribution is 5.22. The summed E-state index contributed by atoms with van der Waals surface area (Å²) in [4.78, 5) is 14.1. The minimum Gasteiger partial charge on any atom is -0.503 e. The lowest BCUT2D eigenvalue weighted by atomic mass is 9.94. The van der Waals surface area contributed by atoms with Crippen LogP contribution in [0.1, 0.15) is 56.7 Å². The summed E-state index contributed by atoms with van der Waals surface area (Å²) in [7, 11) is 2.16. The fourth-order valence-electron chi connectivity index (χ4n) is 3.30. The summed E-state index contributed by atoms with van der Waals surface area (Å²) in [6, 6.07) is 2.74. The molecule has 20 heavy (non-hydrogen) atoms. The van der Waals surface area contributed by atoms with E-state index in [2.05, 4.69) is 16.5 Å². The molecule has 0 bridgehead atoms. The van der Waals surface area contributed by atoms with E-state index in [0.717, 1.165) is 25.1 Å². The van der Waals surface area contributed by atoms with Gasteiger partial charge in [-0.1, -0.05) is 19.3 Å². The molecule has 1 aromatic rings. The first kappa shape index (κ1) is 13.7. The Labute approximate surface area is 120 Å². The Morgan fingerprint density at radius 3 is 2.60 bits per heavy atom. The van der Waals surface area contributed by atoms with Gasteiger partial charge in [-0.15, -0.1) is 0 Å². The van der Waals surface area contributed by atoms with Crippen LogP contribution in [0, 0.1) is 0 Å². The highest BCUT2D eigenvalue weighted by atomic mass is 16.3. The smallest absolute Gasteiger partial charge is 0.223 e. The summed E-state index contributed by atoms with van der Waals surface area (Å²) >= 11 is 0. The fraction of sp³-hybridized carbons (Fsp3) is 0.688. The Bertz CT molecular complexity index is 528. The second-order valence-electron chi connectivity index (χ2n) is 6.36. The van der Waals surface area contributed by atoms with Crippen LogP contribution < -0.4 is 5.43 Å². The van der Waals surface area contributed by atoms with Crippen molar-refractivity contribution in [1.82, 2.24) is 9.47 Å². The molecule has 0 radical (unpaired) electrons. The van der Waals surface area contributed by atoms with Crippen LogP contribution in [0.5, 0.6) is 5.75 Å². The van der Waals surface area contributed by atoms with E-state index in [4.69, 9.17) is 0 Å². The molecule has 2 fully saturated rings. The van der Waals surface area contributed by atoms with E-state index in [9.17, 15) is 9.90 Å². The van der Waals surface area contributed by atoms with Crippen molar-refractivity contribution < 1.29 is 5.11 Å². The molecule has 0 atom stereocenters. The van der Waals surface area contributed by atoms with Crippen LogP contribution in [0.3, 0.4) is 0 Å². The van der Waals surface area contributed by atoms with Crippen molar-refractivity contribution in [2.75, 3.05) is 7.05 Å². The Morgan fingerprint density at radius 2 is 1.95 bits per heavy atom. The molecular formula is C16H24N2O2. The summed E-state index contributed by atoms with van der Waals surface area (Å²) in [6.45, 7) is 0.802. The van der Waals surface area contributed by atoms with Crippen LogP contribution in [0.25, 0.3) is 0 Å². The van der Waals surface area contributed by atoms with Gasteiger partial charge in [-0.3, -0.25) is 9.69 Å². The highest BCUT2D eigenvalue weighted by Crippen LogP contribution is 2.36. The van der Waals surface area contributed by atoms with Gasteiger partial charge in [0.1, 0.15) is 0 Å². The zero-order valence-corrected chi connectivity index (χ0v) is 12.2. The fourth-order valence-corrected chi connectivity index (χ4v) is 3.30. The van der Waals surface area contributed by atoms with E-state index in [1.165, 1.54) is 32.1 Å². The van der Waals surface area contributed by atoms with Gasteiger partial charge in [0.05, 0.1) is 6.20 Å². The molecule has 4 nitrogen and oxygen atoms in total. The Balaban J connectivity index is 1.78. The first-order valence-electron chi connectivity index (χ1n) is 7.79. The summed E-state index contributed by atoms with van der Waals surface area (Å²) in [6.07, 6.45) is 10.5. The van der Waals surface area contributed by atoms with Crippen molar-refractivity contribution in [3.05, 3.63) is 28.2 Å². The summed E-state index contributed by atoms with van der Waals surface area (Å²) < 4.78 is 2.11. The van der Waals surface area contributed by atoms with Gasteiger partial charge in [0, 0.05) is 30.4 Å². The SMILES string of the molecule is CN(Cc1cc(=O)c(O)cn1C1CC1)C1CCCCC1. The first-order valence-corrected chi connectivity index (χ1v) is 7.79. The van der Waals surface area contributed by atoms with Crippen LogP contribution in [0.2, 0.25) is 0 Å². The van der Waals surface area contributed by atoms with Crippen LogP contribution in [0.4, 0.5) is 0 Å². The topological polar surface area (TPSA) is 45.5 Å². The van der Waals surface area contributed by atoms with Crippen LogP contribution in [-0.2, 0) is 6.54 Å². The molecule has 1 aromatic heterocycles. The lowest BCUT2D eigenvalue weighted by molar-refractivity contribution is 0.180. The average molecular weight is 276 g/mol. The molecule has 2 saturated carbocycles. The minimum atomic E-state index is -0.256. The van der Waals surface area contributed by atoms with Gasteiger partial charge in [-0.2, -0.15) is 0 Å². The monoisotopic (exact) mass is 276 g/mol. The molecular weight excluding hydrogens is 252 g/mol. The normalized spacial score (nSPS) is 20.5. The van der Waals surface area contributed by atoms with E-state index in [1.54, 1.807) is 12.3 Å². The van der Waals surface area contributed by atoms with E-state index >= 15 is 0 Å².